The minimum Gasteiger partial charge on any atom is -0.334 e. The molecule has 2 saturated heterocycles. The Labute approximate surface area is 180 Å². The first-order valence-corrected chi connectivity index (χ1v) is 12.3. The summed E-state index contributed by atoms with van der Waals surface area (Å²) >= 11 is 0. The van der Waals surface area contributed by atoms with Crippen LogP contribution in [0.1, 0.15) is 43.0 Å². The molecule has 0 bridgehead atoms. The number of carbonyl (C=O) groups excluding carboxylic acids is 1. The summed E-state index contributed by atoms with van der Waals surface area (Å²) in [5, 5.41) is 0. The SMILES string of the molecule is CC1CCCN1CC1CCCN1C(=O)c1ccc(-c2ccc(S(C)=O)cc2)cc1F. The van der Waals surface area contributed by atoms with Crippen LogP contribution in [0.15, 0.2) is 47.4 Å². The fourth-order valence-electron chi connectivity index (χ4n) is 4.69. The molecule has 30 heavy (non-hydrogen) atoms. The molecule has 2 aliphatic rings. The first-order chi connectivity index (χ1) is 14.4. The highest BCUT2D eigenvalue weighted by atomic mass is 32.2. The summed E-state index contributed by atoms with van der Waals surface area (Å²) in [6.45, 7) is 4.92. The van der Waals surface area contributed by atoms with Gasteiger partial charge >= 0.3 is 0 Å². The van der Waals surface area contributed by atoms with Gasteiger partial charge in [-0.2, -0.15) is 0 Å². The van der Waals surface area contributed by atoms with Crippen LogP contribution in [0.3, 0.4) is 0 Å². The summed E-state index contributed by atoms with van der Waals surface area (Å²) in [5.74, 6) is -0.689. The van der Waals surface area contributed by atoms with E-state index < -0.39 is 16.6 Å². The van der Waals surface area contributed by atoms with Crippen molar-refractivity contribution in [1.29, 1.82) is 0 Å². The third-order valence-corrected chi connectivity index (χ3v) is 7.43. The van der Waals surface area contributed by atoms with Crippen LogP contribution in [0, 0.1) is 5.82 Å². The highest BCUT2D eigenvalue weighted by molar-refractivity contribution is 7.84. The largest absolute Gasteiger partial charge is 0.334 e. The lowest BCUT2D eigenvalue weighted by molar-refractivity contribution is 0.0692. The number of benzene rings is 2. The third kappa shape index (κ3) is 4.35. The molecule has 0 N–H and O–H groups in total. The van der Waals surface area contributed by atoms with E-state index in [1.165, 1.54) is 18.9 Å². The number of rotatable bonds is 5. The second-order valence-corrected chi connectivity index (χ2v) is 9.83. The van der Waals surface area contributed by atoms with Gasteiger partial charge in [-0.15, -0.1) is 0 Å². The zero-order valence-electron chi connectivity index (χ0n) is 17.6. The standard InChI is InChI=1S/C24H29FN2O2S/c1-17-5-3-13-26(17)16-20-6-4-14-27(20)24(28)22-12-9-19(15-23(22)25)18-7-10-21(11-8-18)30(2)29/h7-12,15,17,20H,3-6,13-14,16H2,1-2H3. The van der Waals surface area contributed by atoms with Crippen LogP contribution >= 0.6 is 0 Å². The van der Waals surface area contributed by atoms with Crippen molar-refractivity contribution in [3.8, 4) is 11.1 Å². The number of hydrogen-bond acceptors (Lipinski definition) is 3. The quantitative estimate of drug-likeness (QED) is 0.712. The average molecular weight is 429 g/mol. The number of carbonyl (C=O) groups is 1. The van der Waals surface area contributed by atoms with E-state index in [4.69, 9.17) is 0 Å². The van der Waals surface area contributed by atoms with Crippen molar-refractivity contribution in [2.45, 2.75) is 49.6 Å². The van der Waals surface area contributed by atoms with E-state index in [0.29, 0.717) is 18.2 Å². The van der Waals surface area contributed by atoms with E-state index in [2.05, 4.69) is 11.8 Å². The van der Waals surface area contributed by atoms with Gasteiger partial charge in [-0.25, -0.2) is 4.39 Å². The van der Waals surface area contributed by atoms with E-state index >= 15 is 0 Å². The van der Waals surface area contributed by atoms with Gasteiger partial charge in [0, 0.05) is 47.1 Å². The van der Waals surface area contributed by atoms with Crippen LogP contribution in [0.5, 0.6) is 0 Å². The summed E-state index contributed by atoms with van der Waals surface area (Å²) in [6.07, 6.45) is 6.02. The molecule has 2 aromatic rings. The summed E-state index contributed by atoms with van der Waals surface area (Å²) in [4.78, 5) is 18.2. The maximum Gasteiger partial charge on any atom is 0.257 e. The third-order valence-electron chi connectivity index (χ3n) is 6.49. The molecule has 0 spiro atoms. The van der Waals surface area contributed by atoms with Crippen molar-refractivity contribution in [2.24, 2.45) is 0 Å². The van der Waals surface area contributed by atoms with Gasteiger partial charge in [-0.05, 0) is 74.5 Å². The average Bonchev–Trinajstić information content (AvgIpc) is 3.37. The first kappa shape index (κ1) is 21.2. The molecule has 0 aliphatic carbocycles. The normalized spacial score (nSPS) is 23.1. The molecule has 2 heterocycles. The zero-order chi connectivity index (χ0) is 21.3. The Morgan fingerprint density at radius 2 is 1.77 bits per heavy atom. The monoisotopic (exact) mass is 428 g/mol. The van der Waals surface area contributed by atoms with Crippen molar-refractivity contribution >= 4 is 16.7 Å². The Bertz CT molecular complexity index is 947. The van der Waals surface area contributed by atoms with Crippen LogP contribution < -0.4 is 0 Å². The fraction of sp³-hybridized carbons (Fsp3) is 0.458. The maximum atomic E-state index is 14.9. The molecule has 2 aromatic carbocycles. The summed E-state index contributed by atoms with van der Waals surface area (Å²) in [6, 6.07) is 12.8. The summed E-state index contributed by atoms with van der Waals surface area (Å²) < 4.78 is 26.5. The van der Waals surface area contributed by atoms with E-state index in [1.807, 2.05) is 17.0 Å². The van der Waals surface area contributed by atoms with Gasteiger partial charge in [-0.3, -0.25) is 13.9 Å². The molecule has 4 nitrogen and oxygen atoms in total. The van der Waals surface area contributed by atoms with Gasteiger partial charge in [0.1, 0.15) is 5.82 Å². The lowest BCUT2D eigenvalue weighted by atomic mass is 10.0. The number of nitrogens with zero attached hydrogens (tertiary/aromatic N) is 2. The molecule has 0 saturated carbocycles. The number of amides is 1. The van der Waals surface area contributed by atoms with Crippen LogP contribution in [0.4, 0.5) is 4.39 Å². The van der Waals surface area contributed by atoms with E-state index in [9.17, 15) is 13.4 Å². The molecule has 4 rings (SSSR count). The predicted molar refractivity (Wildman–Crippen MR) is 118 cm³/mol. The molecule has 6 heteroatoms. The molecule has 2 aliphatic heterocycles. The van der Waals surface area contributed by atoms with E-state index in [1.54, 1.807) is 30.5 Å². The molecular formula is C24H29FN2O2S. The zero-order valence-corrected chi connectivity index (χ0v) is 18.5. The molecule has 0 aromatic heterocycles. The number of halogens is 1. The Hall–Kier alpha value is -2.05. The van der Waals surface area contributed by atoms with Crippen LogP contribution in [0.2, 0.25) is 0 Å². The second-order valence-electron chi connectivity index (χ2n) is 8.45. The lowest BCUT2D eigenvalue weighted by Crippen LogP contribution is -2.44. The van der Waals surface area contributed by atoms with Crippen LogP contribution in [-0.2, 0) is 10.8 Å². The smallest absolute Gasteiger partial charge is 0.257 e. The first-order valence-electron chi connectivity index (χ1n) is 10.7. The van der Waals surface area contributed by atoms with Gasteiger partial charge in [0.2, 0.25) is 0 Å². The Kier molecular flexibility index (Phi) is 6.34. The van der Waals surface area contributed by atoms with E-state index in [-0.39, 0.29) is 17.5 Å². The van der Waals surface area contributed by atoms with Gasteiger partial charge in [-0.1, -0.05) is 18.2 Å². The summed E-state index contributed by atoms with van der Waals surface area (Å²) in [5.41, 5.74) is 1.69. The molecule has 1 amide bonds. The van der Waals surface area contributed by atoms with Crippen LogP contribution in [0.25, 0.3) is 11.1 Å². The Morgan fingerprint density at radius 1 is 1.07 bits per heavy atom. The molecule has 0 radical (unpaired) electrons. The topological polar surface area (TPSA) is 40.6 Å². The minimum atomic E-state index is -1.05. The Morgan fingerprint density at radius 3 is 2.40 bits per heavy atom. The predicted octanol–water partition coefficient (Wildman–Crippen LogP) is 4.32. The van der Waals surface area contributed by atoms with Crippen molar-refractivity contribution < 1.29 is 13.4 Å². The number of hydrogen-bond donors (Lipinski definition) is 0. The number of likely N-dealkylation sites (tertiary alicyclic amines) is 2. The molecule has 2 fully saturated rings. The highest BCUT2D eigenvalue weighted by Crippen LogP contribution is 2.27. The van der Waals surface area contributed by atoms with Gasteiger partial charge in [0.25, 0.3) is 5.91 Å². The highest BCUT2D eigenvalue weighted by Gasteiger charge is 2.33. The summed E-state index contributed by atoms with van der Waals surface area (Å²) in [7, 11) is -1.05. The van der Waals surface area contributed by atoms with Crippen molar-refractivity contribution in [3.63, 3.8) is 0 Å². The van der Waals surface area contributed by atoms with Crippen molar-refractivity contribution in [1.82, 2.24) is 9.80 Å². The lowest BCUT2D eigenvalue weighted by Gasteiger charge is -2.31. The van der Waals surface area contributed by atoms with Crippen molar-refractivity contribution in [3.05, 3.63) is 53.8 Å². The second kappa shape index (κ2) is 8.98. The molecule has 3 atom stereocenters. The maximum absolute atomic E-state index is 14.9. The Balaban J connectivity index is 1.50. The van der Waals surface area contributed by atoms with Crippen molar-refractivity contribution in [2.75, 3.05) is 25.9 Å². The van der Waals surface area contributed by atoms with Crippen LogP contribution in [-0.4, -0.2) is 57.9 Å². The van der Waals surface area contributed by atoms with E-state index in [0.717, 1.165) is 36.4 Å². The minimum absolute atomic E-state index is 0.145. The van der Waals surface area contributed by atoms with Gasteiger partial charge in [0.05, 0.1) is 5.56 Å². The molecule has 160 valence electrons. The van der Waals surface area contributed by atoms with Gasteiger partial charge in [0.15, 0.2) is 0 Å². The van der Waals surface area contributed by atoms with Gasteiger partial charge < -0.3 is 4.90 Å². The molecular weight excluding hydrogens is 399 g/mol. The fourth-order valence-corrected chi connectivity index (χ4v) is 5.21. The molecule has 3 unspecified atom stereocenters.